The highest BCUT2D eigenvalue weighted by Gasteiger charge is 2.16. The first-order valence-electron chi connectivity index (χ1n) is 7.27. The van der Waals surface area contributed by atoms with Crippen LogP contribution in [-0.2, 0) is 0 Å². The summed E-state index contributed by atoms with van der Waals surface area (Å²) in [6, 6.07) is 12.0. The molecule has 6 nitrogen and oxygen atoms in total. The highest BCUT2D eigenvalue weighted by atomic mass is 16.3. The predicted molar refractivity (Wildman–Crippen MR) is 89.3 cm³/mol. The standard InChI is InChI=1S/C18H12N4O2/c23-15-6-2-1-4-12(15)17-11(5-3-7-16(17)24)13-9-20-14-8-19-10-21-18(14)22-13/h1-10,23-24H. The Bertz CT molecular complexity index is 1050. The number of aromatic nitrogens is 4. The van der Waals surface area contributed by atoms with Crippen LogP contribution in [0.4, 0.5) is 0 Å². The van der Waals surface area contributed by atoms with Crippen molar-refractivity contribution < 1.29 is 10.2 Å². The van der Waals surface area contributed by atoms with Gasteiger partial charge in [-0.05, 0) is 12.1 Å². The van der Waals surface area contributed by atoms with Crippen LogP contribution in [0.2, 0.25) is 0 Å². The fraction of sp³-hybridized carbons (Fsp3) is 0. The molecular formula is C18H12N4O2. The lowest BCUT2D eigenvalue weighted by Gasteiger charge is -2.12. The predicted octanol–water partition coefficient (Wildman–Crippen LogP) is 3.17. The molecule has 24 heavy (non-hydrogen) atoms. The second-order valence-corrected chi connectivity index (χ2v) is 5.20. The summed E-state index contributed by atoms with van der Waals surface area (Å²) in [6.45, 7) is 0. The van der Waals surface area contributed by atoms with Crippen LogP contribution < -0.4 is 0 Å². The third-order valence-corrected chi connectivity index (χ3v) is 3.72. The van der Waals surface area contributed by atoms with E-state index >= 15 is 0 Å². The minimum Gasteiger partial charge on any atom is -0.507 e. The molecule has 0 amide bonds. The van der Waals surface area contributed by atoms with Gasteiger partial charge in [-0.1, -0.05) is 30.3 Å². The molecule has 2 aromatic heterocycles. The maximum Gasteiger partial charge on any atom is 0.181 e. The highest BCUT2D eigenvalue weighted by Crippen LogP contribution is 2.41. The van der Waals surface area contributed by atoms with Crippen molar-refractivity contribution >= 4 is 11.2 Å². The normalized spacial score (nSPS) is 10.8. The number of benzene rings is 2. The molecule has 0 radical (unpaired) electrons. The van der Waals surface area contributed by atoms with E-state index in [0.29, 0.717) is 33.5 Å². The third-order valence-electron chi connectivity index (χ3n) is 3.72. The van der Waals surface area contributed by atoms with Crippen LogP contribution in [-0.4, -0.2) is 30.1 Å². The molecule has 4 rings (SSSR count). The van der Waals surface area contributed by atoms with Crippen molar-refractivity contribution in [3.63, 3.8) is 0 Å². The van der Waals surface area contributed by atoms with Gasteiger partial charge in [0.05, 0.1) is 18.1 Å². The fourth-order valence-corrected chi connectivity index (χ4v) is 2.62. The summed E-state index contributed by atoms with van der Waals surface area (Å²) in [7, 11) is 0. The van der Waals surface area contributed by atoms with Crippen molar-refractivity contribution in [1.29, 1.82) is 0 Å². The Morgan fingerprint density at radius 2 is 1.54 bits per heavy atom. The quantitative estimate of drug-likeness (QED) is 0.590. The van der Waals surface area contributed by atoms with E-state index in [4.69, 9.17) is 0 Å². The molecule has 0 aliphatic heterocycles. The van der Waals surface area contributed by atoms with Gasteiger partial charge in [0.2, 0.25) is 0 Å². The molecule has 2 aromatic carbocycles. The lowest BCUT2D eigenvalue weighted by molar-refractivity contribution is 0.469. The molecule has 2 heterocycles. The average molecular weight is 316 g/mol. The molecule has 0 fully saturated rings. The lowest BCUT2D eigenvalue weighted by Crippen LogP contribution is -1.94. The zero-order valence-electron chi connectivity index (χ0n) is 12.5. The van der Waals surface area contributed by atoms with Crippen LogP contribution in [0.1, 0.15) is 0 Å². The zero-order valence-corrected chi connectivity index (χ0v) is 12.5. The molecule has 0 bridgehead atoms. The topological polar surface area (TPSA) is 92.0 Å². The summed E-state index contributed by atoms with van der Waals surface area (Å²) >= 11 is 0. The second-order valence-electron chi connectivity index (χ2n) is 5.20. The van der Waals surface area contributed by atoms with Crippen LogP contribution in [0.15, 0.2) is 61.2 Å². The number of nitrogens with zero attached hydrogens (tertiary/aromatic N) is 4. The van der Waals surface area contributed by atoms with E-state index in [0.717, 1.165) is 0 Å². The zero-order chi connectivity index (χ0) is 16.5. The van der Waals surface area contributed by atoms with Crippen molar-refractivity contribution in [2.75, 3.05) is 0 Å². The van der Waals surface area contributed by atoms with E-state index in [1.807, 2.05) is 6.07 Å². The van der Waals surface area contributed by atoms with E-state index in [1.165, 1.54) is 6.33 Å². The molecule has 0 aliphatic carbocycles. The van der Waals surface area contributed by atoms with Gasteiger partial charge in [0.15, 0.2) is 5.65 Å². The van der Waals surface area contributed by atoms with Gasteiger partial charge < -0.3 is 10.2 Å². The van der Waals surface area contributed by atoms with Gasteiger partial charge in [-0.25, -0.2) is 19.9 Å². The van der Waals surface area contributed by atoms with Crippen molar-refractivity contribution in [3.8, 4) is 33.9 Å². The molecule has 6 heteroatoms. The van der Waals surface area contributed by atoms with Gasteiger partial charge in [0.1, 0.15) is 23.3 Å². The molecule has 0 unspecified atom stereocenters. The number of phenols is 2. The average Bonchev–Trinajstić information content (AvgIpc) is 2.62. The lowest BCUT2D eigenvalue weighted by atomic mass is 9.96. The number of phenolic OH excluding ortho intramolecular Hbond substituents is 2. The first-order chi connectivity index (χ1) is 11.7. The van der Waals surface area contributed by atoms with E-state index in [1.54, 1.807) is 48.8 Å². The Morgan fingerprint density at radius 3 is 2.42 bits per heavy atom. The SMILES string of the molecule is Oc1ccccc1-c1c(O)cccc1-c1cnc2cncnc2n1. The Kier molecular flexibility index (Phi) is 3.28. The molecular weight excluding hydrogens is 304 g/mol. The summed E-state index contributed by atoms with van der Waals surface area (Å²) in [6.07, 6.45) is 4.60. The number of hydrogen-bond donors (Lipinski definition) is 2. The number of hydrogen-bond acceptors (Lipinski definition) is 6. The third kappa shape index (κ3) is 2.30. The van der Waals surface area contributed by atoms with Crippen molar-refractivity contribution in [1.82, 2.24) is 19.9 Å². The largest absolute Gasteiger partial charge is 0.507 e. The summed E-state index contributed by atoms with van der Waals surface area (Å²) in [5.41, 5.74) is 3.29. The first kappa shape index (κ1) is 14.1. The molecule has 0 saturated carbocycles. The van der Waals surface area contributed by atoms with Crippen molar-refractivity contribution in [3.05, 3.63) is 61.2 Å². The van der Waals surface area contributed by atoms with E-state index < -0.39 is 0 Å². The smallest absolute Gasteiger partial charge is 0.181 e. The maximum absolute atomic E-state index is 10.4. The molecule has 2 N–H and O–H groups in total. The summed E-state index contributed by atoms with van der Waals surface area (Å²) in [5, 5.41) is 20.5. The minimum atomic E-state index is 0.0542. The molecule has 4 aromatic rings. The Morgan fingerprint density at radius 1 is 0.750 bits per heavy atom. The van der Waals surface area contributed by atoms with Gasteiger partial charge in [-0.15, -0.1) is 0 Å². The number of rotatable bonds is 2. The number of fused-ring (bicyclic) bond motifs is 1. The van der Waals surface area contributed by atoms with Crippen LogP contribution >= 0.6 is 0 Å². The Hall–Kier alpha value is -3.54. The summed E-state index contributed by atoms with van der Waals surface area (Å²) in [5.74, 6) is 0.134. The maximum atomic E-state index is 10.4. The van der Waals surface area contributed by atoms with Gasteiger partial charge in [0, 0.05) is 16.7 Å². The van der Waals surface area contributed by atoms with Crippen LogP contribution in [0.25, 0.3) is 33.5 Å². The Labute approximate surface area is 137 Å². The minimum absolute atomic E-state index is 0.0542. The highest BCUT2D eigenvalue weighted by molar-refractivity contribution is 5.89. The summed E-state index contributed by atoms with van der Waals surface area (Å²) < 4.78 is 0. The second kappa shape index (κ2) is 5.58. The Balaban J connectivity index is 1.98. The number of para-hydroxylation sites is 1. The van der Waals surface area contributed by atoms with Gasteiger partial charge in [-0.3, -0.25) is 0 Å². The number of aromatic hydroxyl groups is 2. The summed E-state index contributed by atoms with van der Waals surface area (Å²) in [4.78, 5) is 16.8. The van der Waals surface area contributed by atoms with E-state index in [-0.39, 0.29) is 11.5 Å². The van der Waals surface area contributed by atoms with Gasteiger partial charge in [-0.2, -0.15) is 0 Å². The van der Waals surface area contributed by atoms with Crippen LogP contribution in [0.3, 0.4) is 0 Å². The van der Waals surface area contributed by atoms with Crippen molar-refractivity contribution in [2.24, 2.45) is 0 Å². The van der Waals surface area contributed by atoms with E-state index in [9.17, 15) is 10.2 Å². The van der Waals surface area contributed by atoms with Crippen molar-refractivity contribution in [2.45, 2.75) is 0 Å². The fourth-order valence-electron chi connectivity index (χ4n) is 2.62. The molecule has 116 valence electrons. The molecule has 0 aliphatic rings. The monoisotopic (exact) mass is 316 g/mol. The van der Waals surface area contributed by atoms with Crippen LogP contribution in [0.5, 0.6) is 11.5 Å². The molecule has 0 saturated heterocycles. The molecule has 0 atom stereocenters. The van der Waals surface area contributed by atoms with Crippen LogP contribution in [0, 0.1) is 0 Å². The van der Waals surface area contributed by atoms with Gasteiger partial charge in [0.25, 0.3) is 0 Å². The van der Waals surface area contributed by atoms with Gasteiger partial charge >= 0.3 is 0 Å². The first-order valence-corrected chi connectivity index (χ1v) is 7.27. The van der Waals surface area contributed by atoms with E-state index in [2.05, 4.69) is 19.9 Å². The molecule has 0 spiro atoms.